The zero-order chi connectivity index (χ0) is 5.70. The maximum atomic E-state index is 9.52. The number of nitro groups is 1. The molecule has 4 heteroatoms. The molecule has 0 fully saturated rings. The fourth-order valence-electron chi connectivity index (χ4n) is 0.203. The first-order chi connectivity index (χ1) is 3.27. The summed E-state index contributed by atoms with van der Waals surface area (Å²) in [6.45, 7) is 0.462. The molecule has 0 aromatic heterocycles. The summed E-state index contributed by atoms with van der Waals surface area (Å²) in [5.41, 5.74) is 0. The quantitative estimate of drug-likeness (QED) is 0.387. The minimum absolute atomic E-state index is 0.0104. The van der Waals surface area contributed by atoms with Crippen molar-refractivity contribution in [2.75, 3.05) is 20.1 Å². The molecule has 0 unspecified atom stereocenters. The van der Waals surface area contributed by atoms with Gasteiger partial charge in [-0.25, -0.2) is 0 Å². The minimum atomic E-state index is -0.351. The first-order valence-corrected chi connectivity index (χ1v) is 2.03. The highest BCUT2D eigenvalue weighted by Gasteiger charge is 1.89. The maximum Gasteiger partial charge on any atom is 0.216 e. The predicted octanol–water partition coefficient (Wildman–Crippen LogP) is -0.517. The van der Waals surface area contributed by atoms with E-state index in [1.165, 1.54) is 0 Å². The van der Waals surface area contributed by atoms with Crippen LogP contribution in [0.1, 0.15) is 0 Å². The molecule has 0 spiro atoms. The Morgan fingerprint density at radius 2 is 2.43 bits per heavy atom. The van der Waals surface area contributed by atoms with E-state index in [1.54, 1.807) is 7.05 Å². The van der Waals surface area contributed by atoms with Crippen LogP contribution >= 0.6 is 0 Å². The first-order valence-electron chi connectivity index (χ1n) is 2.03. The lowest BCUT2D eigenvalue weighted by Gasteiger charge is -1.87. The fourth-order valence-corrected chi connectivity index (χ4v) is 0.203. The molecular weight excluding hydrogens is 96.0 g/mol. The fraction of sp³-hybridized carbons (Fsp3) is 1.00. The molecule has 0 aliphatic carbocycles. The molecule has 0 aliphatic heterocycles. The van der Waals surface area contributed by atoms with Gasteiger partial charge >= 0.3 is 0 Å². The van der Waals surface area contributed by atoms with Crippen LogP contribution in [-0.2, 0) is 0 Å². The van der Waals surface area contributed by atoms with Crippen molar-refractivity contribution in [3.63, 3.8) is 0 Å². The topological polar surface area (TPSA) is 55.2 Å². The standard InChI is InChI=1S/C3H8N2O2/c1-4-2-3-5(6)7/h4H,2-3H2,1H3. The summed E-state index contributed by atoms with van der Waals surface area (Å²) in [5.74, 6) is 0. The normalized spacial score (nSPS) is 8.71. The van der Waals surface area contributed by atoms with Gasteiger partial charge in [-0.2, -0.15) is 0 Å². The van der Waals surface area contributed by atoms with Crippen LogP contribution in [0.4, 0.5) is 0 Å². The van der Waals surface area contributed by atoms with Gasteiger partial charge in [0.15, 0.2) is 0 Å². The second-order valence-corrected chi connectivity index (χ2v) is 1.16. The molecule has 0 saturated carbocycles. The van der Waals surface area contributed by atoms with Gasteiger partial charge in [0, 0.05) is 4.92 Å². The second kappa shape index (κ2) is 3.55. The summed E-state index contributed by atoms with van der Waals surface area (Å²) >= 11 is 0. The number of nitrogens with zero attached hydrogens (tertiary/aromatic N) is 1. The zero-order valence-corrected chi connectivity index (χ0v) is 4.18. The predicted molar refractivity (Wildman–Crippen MR) is 25.8 cm³/mol. The van der Waals surface area contributed by atoms with E-state index >= 15 is 0 Å². The highest BCUT2D eigenvalue weighted by molar-refractivity contribution is 4.31. The summed E-state index contributed by atoms with van der Waals surface area (Å²) in [6, 6.07) is 0. The van der Waals surface area contributed by atoms with Crippen LogP contribution in [-0.4, -0.2) is 25.1 Å². The van der Waals surface area contributed by atoms with Gasteiger partial charge in [-0.3, -0.25) is 10.1 Å². The third-order valence-corrected chi connectivity index (χ3v) is 0.544. The number of likely N-dealkylation sites (N-methyl/N-ethyl adjacent to an activating group) is 1. The average Bonchev–Trinajstić information content (AvgIpc) is 1.61. The van der Waals surface area contributed by atoms with Crippen LogP contribution in [0.3, 0.4) is 0 Å². The molecule has 42 valence electrons. The van der Waals surface area contributed by atoms with Crippen molar-refractivity contribution in [1.29, 1.82) is 0 Å². The summed E-state index contributed by atoms with van der Waals surface area (Å²) in [7, 11) is 1.68. The van der Waals surface area contributed by atoms with E-state index in [0.29, 0.717) is 6.54 Å². The smallest absolute Gasteiger partial charge is 0.216 e. The molecule has 0 atom stereocenters. The van der Waals surface area contributed by atoms with Crippen molar-refractivity contribution in [3.8, 4) is 0 Å². The molecule has 0 bridgehead atoms. The van der Waals surface area contributed by atoms with Crippen molar-refractivity contribution in [3.05, 3.63) is 10.1 Å². The highest BCUT2D eigenvalue weighted by Crippen LogP contribution is 1.61. The van der Waals surface area contributed by atoms with Gasteiger partial charge in [-0.1, -0.05) is 0 Å². The largest absolute Gasteiger partial charge is 0.314 e. The lowest BCUT2D eigenvalue weighted by atomic mass is 10.7. The van der Waals surface area contributed by atoms with Gasteiger partial charge < -0.3 is 5.32 Å². The van der Waals surface area contributed by atoms with Crippen molar-refractivity contribution >= 4 is 0 Å². The molecule has 0 heterocycles. The van der Waals surface area contributed by atoms with E-state index in [-0.39, 0.29) is 11.5 Å². The van der Waals surface area contributed by atoms with E-state index < -0.39 is 0 Å². The Labute approximate surface area is 41.7 Å². The first kappa shape index (κ1) is 6.36. The molecule has 0 rings (SSSR count). The summed E-state index contributed by atoms with van der Waals surface area (Å²) in [6.07, 6.45) is 0. The molecule has 0 radical (unpaired) electrons. The molecule has 4 nitrogen and oxygen atoms in total. The van der Waals surface area contributed by atoms with Crippen LogP contribution in [0.15, 0.2) is 0 Å². The molecular formula is C3H8N2O2. The summed E-state index contributed by atoms with van der Waals surface area (Å²) in [4.78, 5) is 9.17. The minimum Gasteiger partial charge on any atom is -0.314 e. The van der Waals surface area contributed by atoms with Crippen LogP contribution in [0.2, 0.25) is 0 Å². The Hall–Kier alpha value is -0.640. The Morgan fingerprint density at radius 1 is 1.86 bits per heavy atom. The third kappa shape index (κ3) is 5.36. The van der Waals surface area contributed by atoms with Crippen molar-refractivity contribution in [2.24, 2.45) is 0 Å². The van der Waals surface area contributed by atoms with Gasteiger partial charge in [0.05, 0.1) is 6.54 Å². The number of nitrogens with one attached hydrogen (secondary N) is 1. The average molecular weight is 104 g/mol. The van der Waals surface area contributed by atoms with Crippen LogP contribution in [0.5, 0.6) is 0 Å². The molecule has 0 amide bonds. The van der Waals surface area contributed by atoms with E-state index in [1.807, 2.05) is 0 Å². The van der Waals surface area contributed by atoms with Crippen molar-refractivity contribution in [2.45, 2.75) is 0 Å². The second-order valence-electron chi connectivity index (χ2n) is 1.16. The Bertz CT molecular complexity index is 64.0. The number of hydrogen-bond acceptors (Lipinski definition) is 3. The Balaban J connectivity index is 2.82. The van der Waals surface area contributed by atoms with Gasteiger partial charge in [0.25, 0.3) is 0 Å². The van der Waals surface area contributed by atoms with Crippen molar-refractivity contribution in [1.82, 2.24) is 5.32 Å². The van der Waals surface area contributed by atoms with Crippen LogP contribution in [0.25, 0.3) is 0 Å². The lowest BCUT2D eigenvalue weighted by Crippen LogP contribution is -2.17. The number of hydrogen-bond donors (Lipinski definition) is 1. The van der Waals surface area contributed by atoms with E-state index in [2.05, 4.69) is 5.32 Å². The van der Waals surface area contributed by atoms with Gasteiger partial charge in [-0.05, 0) is 7.05 Å². The molecule has 0 aromatic rings. The van der Waals surface area contributed by atoms with Crippen LogP contribution in [0, 0.1) is 10.1 Å². The molecule has 1 N–H and O–H groups in total. The monoisotopic (exact) mass is 104 g/mol. The molecule has 0 aromatic carbocycles. The van der Waals surface area contributed by atoms with E-state index in [0.717, 1.165) is 0 Å². The van der Waals surface area contributed by atoms with Gasteiger partial charge in [0.1, 0.15) is 0 Å². The summed E-state index contributed by atoms with van der Waals surface area (Å²) in [5, 5.41) is 12.2. The summed E-state index contributed by atoms with van der Waals surface area (Å²) < 4.78 is 0. The Morgan fingerprint density at radius 3 is 2.57 bits per heavy atom. The number of rotatable bonds is 3. The van der Waals surface area contributed by atoms with E-state index in [4.69, 9.17) is 0 Å². The Kier molecular flexibility index (Phi) is 3.22. The van der Waals surface area contributed by atoms with Gasteiger partial charge in [0.2, 0.25) is 6.54 Å². The van der Waals surface area contributed by atoms with E-state index in [9.17, 15) is 10.1 Å². The lowest BCUT2D eigenvalue weighted by molar-refractivity contribution is -0.477. The van der Waals surface area contributed by atoms with Gasteiger partial charge in [-0.15, -0.1) is 0 Å². The highest BCUT2D eigenvalue weighted by atomic mass is 16.6. The van der Waals surface area contributed by atoms with Crippen LogP contribution < -0.4 is 5.32 Å². The third-order valence-electron chi connectivity index (χ3n) is 0.544. The molecule has 7 heavy (non-hydrogen) atoms. The zero-order valence-electron chi connectivity index (χ0n) is 4.18. The maximum absolute atomic E-state index is 9.52. The van der Waals surface area contributed by atoms with Crippen molar-refractivity contribution < 1.29 is 4.92 Å². The molecule has 0 aliphatic rings. The SMILES string of the molecule is CNCC[N+](=O)[O-]. The molecule has 0 saturated heterocycles.